The molecular formula is C16H24N2O5S. The first kappa shape index (κ1) is 18.7. The summed E-state index contributed by atoms with van der Waals surface area (Å²) in [6.07, 6.45) is 0.543. The molecule has 0 spiro atoms. The zero-order chi connectivity index (χ0) is 17.7. The van der Waals surface area contributed by atoms with Gasteiger partial charge in [-0.25, -0.2) is 8.42 Å². The molecule has 24 heavy (non-hydrogen) atoms. The summed E-state index contributed by atoms with van der Waals surface area (Å²) in [7, 11) is 0.0315. The average molecular weight is 356 g/mol. The van der Waals surface area contributed by atoms with Gasteiger partial charge < -0.3 is 15.2 Å². The van der Waals surface area contributed by atoms with Gasteiger partial charge in [0.05, 0.1) is 32.3 Å². The number of rotatable bonds is 8. The van der Waals surface area contributed by atoms with Crippen LogP contribution in [0.5, 0.6) is 11.5 Å². The second kappa shape index (κ2) is 7.96. The Kier molecular flexibility index (Phi) is 6.20. The minimum absolute atomic E-state index is 0.0895. The van der Waals surface area contributed by atoms with Crippen LogP contribution in [0.1, 0.15) is 16.8 Å². The number of ketones is 1. The Morgan fingerprint density at radius 1 is 1.29 bits per heavy atom. The monoisotopic (exact) mass is 356 g/mol. The van der Waals surface area contributed by atoms with Crippen LogP contribution in [-0.4, -0.2) is 70.5 Å². The van der Waals surface area contributed by atoms with Crippen molar-refractivity contribution in [3.8, 4) is 11.5 Å². The maximum atomic E-state index is 12.6. The lowest BCUT2D eigenvalue weighted by Crippen LogP contribution is -2.42. The Balaban J connectivity index is 2.13. The summed E-state index contributed by atoms with van der Waals surface area (Å²) in [5.41, 5.74) is 6.12. The second-order valence-corrected chi connectivity index (χ2v) is 8.04. The Labute approximate surface area is 142 Å². The summed E-state index contributed by atoms with van der Waals surface area (Å²) < 4.78 is 33.8. The molecular weight excluding hydrogens is 332 g/mol. The number of carbonyl (C=O) groups is 1. The van der Waals surface area contributed by atoms with Crippen molar-refractivity contribution in [3.63, 3.8) is 0 Å². The van der Waals surface area contributed by atoms with Crippen LogP contribution in [0.3, 0.4) is 0 Å². The number of nitrogens with zero attached hydrogens (tertiary/aromatic N) is 1. The Hall–Kier alpha value is -1.64. The van der Waals surface area contributed by atoms with Crippen molar-refractivity contribution in [3.05, 3.63) is 23.8 Å². The zero-order valence-corrected chi connectivity index (χ0v) is 14.8. The van der Waals surface area contributed by atoms with E-state index in [1.807, 2.05) is 4.90 Å². The van der Waals surface area contributed by atoms with E-state index in [-0.39, 0.29) is 29.9 Å². The average Bonchev–Trinajstić information content (AvgIpc) is 2.93. The first-order chi connectivity index (χ1) is 11.4. The van der Waals surface area contributed by atoms with E-state index in [1.54, 1.807) is 18.2 Å². The number of hydrogen-bond acceptors (Lipinski definition) is 7. The standard InChI is InChI=1S/C16H24N2O5S/c1-22-15-4-3-12(9-16(15)23-2)14(19)10-18(7-6-17)13-5-8-24(20,21)11-13/h3-4,9,13H,5-8,10-11,17H2,1-2H3/t13-/m1/s1. The van der Waals surface area contributed by atoms with E-state index in [0.29, 0.717) is 36.6 Å². The van der Waals surface area contributed by atoms with E-state index < -0.39 is 9.84 Å². The van der Waals surface area contributed by atoms with Crippen LogP contribution in [0.25, 0.3) is 0 Å². The van der Waals surface area contributed by atoms with Gasteiger partial charge in [0.2, 0.25) is 0 Å². The van der Waals surface area contributed by atoms with Gasteiger partial charge >= 0.3 is 0 Å². The van der Waals surface area contributed by atoms with Gasteiger partial charge in [0.1, 0.15) is 0 Å². The quantitative estimate of drug-likeness (QED) is 0.670. The molecule has 2 N–H and O–H groups in total. The lowest BCUT2D eigenvalue weighted by Gasteiger charge is -2.26. The van der Waals surface area contributed by atoms with Crippen molar-refractivity contribution >= 4 is 15.6 Å². The lowest BCUT2D eigenvalue weighted by molar-refractivity contribution is 0.0904. The summed E-state index contributed by atoms with van der Waals surface area (Å²) >= 11 is 0. The van der Waals surface area contributed by atoms with Crippen molar-refractivity contribution in [1.82, 2.24) is 4.90 Å². The van der Waals surface area contributed by atoms with E-state index in [1.165, 1.54) is 14.2 Å². The fourth-order valence-corrected chi connectivity index (χ4v) is 4.67. The van der Waals surface area contributed by atoms with E-state index >= 15 is 0 Å². The zero-order valence-electron chi connectivity index (χ0n) is 14.0. The van der Waals surface area contributed by atoms with E-state index in [4.69, 9.17) is 15.2 Å². The van der Waals surface area contributed by atoms with Crippen LogP contribution in [-0.2, 0) is 9.84 Å². The molecule has 1 atom stereocenters. The summed E-state index contributed by atoms with van der Waals surface area (Å²) in [6.45, 7) is 0.988. The van der Waals surface area contributed by atoms with Crippen molar-refractivity contribution < 1.29 is 22.7 Å². The molecule has 7 nitrogen and oxygen atoms in total. The van der Waals surface area contributed by atoms with Gasteiger partial charge in [-0.05, 0) is 24.6 Å². The molecule has 0 saturated carbocycles. The SMILES string of the molecule is COc1ccc(C(=O)CN(CCN)[C@@H]2CCS(=O)(=O)C2)cc1OC. The predicted octanol–water partition coefficient (Wildman–Crippen LogP) is 0.334. The number of hydrogen-bond donors (Lipinski definition) is 1. The lowest BCUT2D eigenvalue weighted by atomic mass is 10.1. The van der Waals surface area contributed by atoms with Gasteiger partial charge in [-0.15, -0.1) is 0 Å². The highest BCUT2D eigenvalue weighted by molar-refractivity contribution is 7.91. The van der Waals surface area contributed by atoms with Crippen LogP contribution >= 0.6 is 0 Å². The van der Waals surface area contributed by atoms with E-state index in [0.717, 1.165) is 0 Å². The topological polar surface area (TPSA) is 98.9 Å². The van der Waals surface area contributed by atoms with Crippen molar-refractivity contribution in [2.45, 2.75) is 12.5 Å². The number of Topliss-reactive ketones (excluding diaryl/α,β-unsaturated/α-hetero) is 1. The van der Waals surface area contributed by atoms with Crippen LogP contribution in [0.15, 0.2) is 18.2 Å². The highest BCUT2D eigenvalue weighted by Gasteiger charge is 2.32. The van der Waals surface area contributed by atoms with E-state index in [2.05, 4.69) is 0 Å². The van der Waals surface area contributed by atoms with Crippen LogP contribution < -0.4 is 15.2 Å². The molecule has 1 aromatic carbocycles. The molecule has 1 heterocycles. The molecule has 134 valence electrons. The van der Waals surface area contributed by atoms with Gasteiger partial charge in [-0.3, -0.25) is 9.69 Å². The summed E-state index contributed by atoms with van der Waals surface area (Å²) in [5.74, 6) is 1.19. The molecule has 0 unspecified atom stereocenters. The number of methoxy groups -OCH3 is 2. The molecule has 1 aromatic rings. The fraction of sp³-hybridized carbons (Fsp3) is 0.562. The van der Waals surface area contributed by atoms with Crippen molar-refractivity contribution in [2.75, 3.05) is 45.4 Å². The molecule has 0 amide bonds. The van der Waals surface area contributed by atoms with Crippen LogP contribution in [0.2, 0.25) is 0 Å². The molecule has 1 fully saturated rings. The molecule has 1 saturated heterocycles. The molecule has 1 aliphatic rings. The first-order valence-electron chi connectivity index (χ1n) is 7.80. The molecule has 0 radical (unpaired) electrons. The predicted molar refractivity (Wildman–Crippen MR) is 91.6 cm³/mol. The first-order valence-corrected chi connectivity index (χ1v) is 9.62. The largest absolute Gasteiger partial charge is 0.493 e. The Morgan fingerprint density at radius 2 is 2.00 bits per heavy atom. The number of ether oxygens (including phenoxy) is 2. The number of sulfone groups is 1. The molecule has 0 bridgehead atoms. The van der Waals surface area contributed by atoms with E-state index in [9.17, 15) is 13.2 Å². The third kappa shape index (κ3) is 4.46. The summed E-state index contributed by atoms with van der Waals surface area (Å²) in [4.78, 5) is 14.5. The van der Waals surface area contributed by atoms with Gasteiger partial charge in [-0.2, -0.15) is 0 Å². The van der Waals surface area contributed by atoms with Gasteiger partial charge in [0, 0.05) is 24.7 Å². The number of nitrogens with two attached hydrogens (primary N) is 1. The molecule has 0 aliphatic carbocycles. The normalized spacial score (nSPS) is 19.4. The Bertz CT molecular complexity index is 690. The summed E-state index contributed by atoms with van der Waals surface area (Å²) in [6, 6.07) is 4.84. The van der Waals surface area contributed by atoms with Gasteiger partial charge in [0.25, 0.3) is 0 Å². The van der Waals surface area contributed by atoms with Gasteiger partial charge in [-0.1, -0.05) is 0 Å². The number of benzene rings is 1. The minimum atomic E-state index is -3.01. The van der Waals surface area contributed by atoms with Crippen LogP contribution in [0.4, 0.5) is 0 Å². The molecule has 8 heteroatoms. The maximum absolute atomic E-state index is 12.6. The molecule has 2 rings (SSSR count). The highest BCUT2D eigenvalue weighted by atomic mass is 32.2. The maximum Gasteiger partial charge on any atom is 0.176 e. The third-order valence-electron chi connectivity index (χ3n) is 4.19. The molecule has 1 aliphatic heterocycles. The minimum Gasteiger partial charge on any atom is -0.493 e. The Morgan fingerprint density at radius 3 is 2.54 bits per heavy atom. The molecule has 0 aromatic heterocycles. The third-order valence-corrected chi connectivity index (χ3v) is 5.94. The highest BCUT2D eigenvalue weighted by Crippen LogP contribution is 2.28. The van der Waals surface area contributed by atoms with Crippen molar-refractivity contribution in [2.24, 2.45) is 5.73 Å². The second-order valence-electron chi connectivity index (χ2n) is 5.81. The smallest absolute Gasteiger partial charge is 0.176 e. The fourth-order valence-electron chi connectivity index (χ4n) is 2.91. The summed E-state index contributed by atoms with van der Waals surface area (Å²) in [5, 5.41) is 0. The number of carbonyl (C=O) groups excluding carboxylic acids is 1. The van der Waals surface area contributed by atoms with Gasteiger partial charge in [0.15, 0.2) is 27.1 Å². The van der Waals surface area contributed by atoms with Crippen LogP contribution in [0, 0.1) is 0 Å². The van der Waals surface area contributed by atoms with Crippen molar-refractivity contribution in [1.29, 1.82) is 0 Å².